The van der Waals surface area contributed by atoms with Crippen LogP contribution >= 0.6 is 0 Å². The molecule has 18 nitrogen and oxygen atoms in total. The van der Waals surface area contributed by atoms with E-state index in [0.717, 1.165) is 86.9 Å². The van der Waals surface area contributed by atoms with Crippen LogP contribution in [0.5, 0.6) is 11.8 Å². The van der Waals surface area contributed by atoms with Gasteiger partial charge in [-0.15, -0.1) is 0 Å². The Morgan fingerprint density at radius 1 is 0.610 bits per heavy atom. The summed E-state index contributed by atoms with van der Waals surface area (Å²) in [5, 5.41) is 18.4. The van der Waals surface area contributed by atoms with E-state index < -0.39 is 18.7 Å². The molecule has 6 heterocycles. The zero-order valence-corrected chi connectivity index (χ0v) is 42.2. The zero-order chi connectivity index (χ0) is 53.8. The number of carbonyl (C=O) groups excluding carboxylic acids is 3. The second kappa shape index (κ2) is 27.6. The number of hydrogen-bond donors (Lipinski definition) is 6. The monoisotopic (exact) mass is 1060 g/mol. The lowest BCUT2D eigenvalue weighted by Gasteiger charge is -2.24. The molecule has 3 fully saturated rings. The predicted octanol–water partition coefficient (Wildman–Crippen LogP) is 8.79. The molecule has 3 aliphatic heterocycles. The van der Waals surface area contributed by atoms with E-state index in [1.54, 1.807) is 12.1 Å². The molecule has 3 aliphatic rings. The van der Waals surface area contributed by atoms with Gasteiger partial charge in [-0.2, -0.15) is 13.2 Å². The lowest BCUT2D eigenvalue weighted by Crippen LogP contribution is -2.33. The van der Waals surface area contributed by atoms with Gasteiger partial charge >= 0.3 is 6.18 Å². The van der Waals surface area contributed by atoms with Gasteiger partial charge in [0.1, 0.15) is 12.0 Å². The van der Waals surface area contributed by atoms with E-state index in [0.29, 0.717) is 54.4 Å². The minimum absolute atomic E-state index is 0.0186. The molecule has 3 saturated heterocycles. The number of rotatable bonds is 14. The number of ether oxygens (including phenoxy) is 4. The number of carbonyl (C=O) groups is 3. The molecule has 0 spiro atoms. The van der Waals surface area contributed by atoms with Gasteiger partial charge in [0.25, 0.3) is 17.7 Å². The molecule has 3 atom stereocenters. The van der Waals surface area contributed by atoms with Crippen molar-refractivity contribution in [2.24, 2.45) is 0 Å². The zero-order valence-electron chi connectivity index (χ0n) is 42.2. The number of aromatic nitrogens is 4. The van der Waals surface area contributed by atoms with E-state index in [9.17, 15) is 27.6 Å². The van der Waals surface area contributed by atoms with Crippen molar-refractivity contribution in [3.05, 3.63) is 174 Å². The molecule has 402 valence electrons. The third kappa shape index (κ3) is 17.0. The van der Waals surface area contributed by atoms with Crippen LogP contribution in [0.25, 0.3) is 11.5 Å². The summed E-state index contributed by atoms with van der Waals surface area (Å²) in [5.41, 5.74) is 6.99. The van der Waals surface area contributed by atoms with Gasteiger partial charge in [0.15, 0.2) is 12.3 Å². The summed E-state index contributed by atoms with van der Waals surface area (Å²) < 4.78 is 62.9. The highest BCUT2D eigenvalue weighted by Crippen LogP contribution is 2.26. The Morgan fingerprint density at radius 2 is 1.18 bits per heavy atom. The molecule has 4 aromatic carbocycles. The van der Waals surface area contributed by atoms with Crippen molar-refractivity contribution in [2.45, 2.75) is 44.1 Å². The van der Waals surface area contributed by atoms with Crippen LogP contribution in [0.3, 0.4) is 0 Å². The van der Waals surface area contributed by atoms with E-state index in [2.05, 4.69) is 56.6 Å². The Kier molecular flexibility index (Phi) is 19.8. The summed E-state index contributed by atoms with van der Waals surface area (Å²) in [4.78, 5) is 52.6. The lowest BCUT2D eigenvalue weighted by molar-refractivity contribution is -0.154. The second-order valence-corrected chi connectivity index (χ2v) is 17.8. The number of alkyl halides is 3. The molecular formula is C56H59F3N10O8. The first kappa shape index (κ1) is 55.2. The van der Waals surface area contributed by atoms with Gasteiger partial charge in [-0.3, -0.25) is 14.4 Å². The SMILES string of the molecule is CCOc1ccc(C(=O)Nc2ccc(C3CNCCO3)cc2)cn1.O=C(Nc1ccc(C2CNCCO2)cc1)c1coc(-c2ccccc2)n1.O=C(Nc1ccc([C@@H]2CCCNC2)cc1)c1cnc(OCC(F)(F)F)cn1. The molecule has 7 aromatic rings. The molecule has 0 radical (unpaired) electrons. The smallest absolute Gasteiger partial charge is 0.422 e. The maximum absolute atomic E-state index is 12.4. The van der Waals surface area contributed by atoms with Crippen LogP contribution in [-0.4, -0.2) is 110 Å². The summed E-state index contributed by atoms with van der Waals surface area (Å²) in [7, 11) is 0. The normalized spacial score (nSPS) is 17.2. The summed E-state index contributed by atoms with van der Waals surface area (Å²) in [6.07, 6.45) is 2.88. The van der Waals surface area contributed by atoms with Crippen molar-refractivity contribution in [1.82, 2.24) is 35.9 Å². The van der Waals surface area contributed by atoms with Crippen molar-refractivity contribution < 1.29 is 50.9 Å². The number of amides is 3. The van der Waals surface area contributed by atoms with Gasteiger partial charge < -0.3 is 55.3 Å². The molecule has 3 amide bonds. The van der Waals surface area contributed by atoms with E-state index in [-0.39, 0.29) is 41.3 Å². The van der Waals surface area contributed by atoms with Crippen LogP contribution in [0.1, 0.15) is 85.9 Å². The van der Waals surface area contributed by atoms with Crippen LogP contribution in [-0.2, 0) is 9.47 Å². The second-order valence-electron chi connectivity index (χ2n) is 17.8. The van der Waals surface area contributed by atoms with Gasteiger partial charge in [0.05, 0.1) is 50.0 Å². The van der Waals surface area contributed by atoms with Gasteiger partial charge in [-0.1, -0.05) is 54.6 Å². The van der Waals surface area contributed by atoms with E-state index >= 15 is 0 Å². The Bertz CT molecular complexity index is 2930. The first-order valence-corrected chi connectivity index (χ1v) is 25.2. The van der Waals surface area contributed by atoms with Crippen LogP contribution in [0.4, 0.5) is 30.2 Å². The highest BCUT2D eigenvalue weighted by molar-refractivity contribution is 6.04. The van der Waals surface area contributed by atoms with Gasteiger partial charge in [-0.25, -0.2) is 19.9 Å². The summed E-state index contributed by atoms with van der Waals surface area (Å²) in [5.74, 6) is 0.102. The van der Waals surface area contributed by atoms with Crippen molar-refractivity contribution in [2.75, 3.05) is 81.6 Å². The van der Waals surface area contributed by atoms with E-state index in [4.69, 9.17) is 18.6 Å². The van der Waals surface area contributed by atoms with Crippen molar-refractivity contribution in [3.8, 4) is 23.2 Å². The molecule has 77 heavy (non-hydrogen) atoms. The number of nitrogens with one attached hydrogen (secondary N) is 6. The standard InChI is InChI=1S/C20H19N3O3.C18H19F3N4O2.C18H21N3O3/c24-19(17-13-26-20(23-17)15-4-2-1-3-5-15)22-16-8-6-14(7-9-16)18-12-21-10-11-25-18;19-18(20,21)11-27-16-10-23-15(9-24-16)17(26)25-14-5-3-12(4-6-14)13-2-1-7-22-8-13;1-2-23-17-8-5-14(11-20-17)18(22)21-15-6-3-13(4-7-15)16-12-19-9-10-24-16/h1-9,13,18,21H,10-12H2,(H,22,24);3-6,9-10,13,22H,1-2,7-8,11H2,(H,25,26);3-8,11,16,19H,2,9-10,12H2,1H3,(H,21,22)/t;13-;/m.1./s1. The molecule has 0 saturated carbocycles. The molecule has 21 heteroatoms. The van der Waals surface area contributed by atoms with E-state index in [1.165, 1.54) is 18.0 Å². The fourth-order valence-electron chi connectivity index (χ4n) is 8.19. The minimum atomic E-state index is -4.46. The molecular weight excluding hydrogens is 998 g/mol. The highest BCUT2D eigenvalue weighted by Gasteiger charge is 2.29. The average Bonchev–Trinajstić information content (AvgIpc) is 3.98. The number of anilines is 3. The molecule has 10 rings (SSSR count). The molecule has 0 aliphatic carbocycles. The third-order valence-corrected chi connectivity index (χ3v) is 12.2. The quantitative estimate of drug-likeness (QED) is 0.0599. The number of hydrogen-bond acceptors (Lipinski definition) is 15. The average molecular weight is 1060 g/mol. The number of morpholine rings is 2. The van der Waals surface area contributed by atoms with Crippen LogP contribution in [0, 0.1) is 0 Å². The van der Waals surface area contributed by atoms with Crippen molar-refractivity contribution >= 4 is 34.8 Å². The molecule has 3 aromatic heterocycles. The first-order chi connectivity index (χ1) is 37.5. The molecule has 6 N–H and O–H groups in total. The number of halogens is 3. The Balaban J connectivity index is 0.000000153. The van der Waals surface area contributed by atoms with Crippen molar-refractivity contribution in [3.63, 3.8) is 0 Å². The van der Waals surface area contributed by atoms with E-state index in [1.807, 2.05) is 110 Å². The van der Waals surface area contributed by atoms with Crippen molar-refractivity contribution in [1.29, 1.82) is 0 Å². The third-order valence-electron chi connectivity index (χ3n) is 12.2. The highest BCUT2D eigenvalue weighted by atomic mass is 19.4. The Morgan fingerprint density at radius 3 is 1.69 bits per heavy atom. The Hall–Kier alpha value is -8.08. The minimum Gasteiger partial charge on any atom is -0.478 e. The maximum Gasteiger partial charge on any atom is 0.422 e. The fourth-order valence-corrected chi connectivity index (χ4v) is 8.19. The van der Waals surface area contributed by atoms with Gasteiger partial charge in [0, 0.05) is 67.6 Å². The maximum atomic E-state index is 12.4. The number of pyridine rings is 1. The van der Waals surface area contributed by atoms with Crippen LogP contribution in [0.2, 0.25) is 0 Å². The largest absolute Gasteiger partial charge is 0.478 e. The number of oxazole rings is 1. The fraction of sp³-hybridized carbons (Fsp3) is 0.304. The number of benzene rings is 4. The topological polar surface area (TPSA) is 225 Å². The summed E-state index contributed by atoms with van der Waals surface area (Å²) in [6.45, 7) is 7.77. The number of nitrogens with zero attached hydrogens (tertiary/aromatic N) is 4. The summed E-state index contributed by atoms with van der Waals surface area (Å²) >= 11 is 0. The van der Waals surface area contributed by atoms with Gasteiger partial charge in [0.2, 0.25) is 17.7 Å². The first-order valence-electron chi connectivity index (χ1n) is 25.2. The van der Waals surface area contributed by atoms with Crippen LogP contribution in [0.15, 0.2) is 145 Å². The molecule has 0 bridgehead atoms. The predicted molar refractivity (Wildman–Crippen MR) is 282 cm³/mol. The number of piperidine rings is 1. The summed E-state index contributed by atoms with van der Waals surface area (Å²) in [6, 6.07) is 35.8. The van der Waals surface area contributed by atoms with Gasteiger partial charge in [-0.05, 0) is 104 Å². The molecule has 2 unspecified atom stereocenters. The lowest BCUT2D eigenvalue weighted by atomic mass is 9.92. The Labute approximate surface area is 442 Å². The van der Waals surface area contributed by atoms with Crippen LogP contribution < -0.4 is 41.4 Å².